The van der Waals surface area contributed by atoms with Gasteiger partial charge in [-0.2, -0.15) is 0 Å². The van der Waals surface area contributed by atoms with Gasteiger partial charge in [0.1, 0.15) is 15.9 Å². The van der Waals surface area contributed by atoms with Gasteiger partial charge in [0.15, 0.2) is 5.82 Å². The Balaban J connectivity index is 2.44. The highest BCUT2D eigenvalue weighted by Crippen LogP contribution is 2.23. The third kappa shape index (κ3) is 3.41. The van der Waals surface area contributed by atoms with Crippen LogP contribution in [0.15, 0.2) is 35.5 Å². The van der Waals surface area contributed by atoms with Crippen LogP contribution in [0.3, 0.4) is 0 Å². The summed E-state index contributed by atoms with van der Waals surface area (Å²) in [7, 11) is -4.41. The zero-order valence-electron chi connectivity index (χ0n) is 10.0. The van der Waals surface area contributed by atoms with Crippen LogP contribution in [-0.2, 0) is 10.0 Å². The Morgan fingerprint density at radius 1 is 1.33 bits per heavy atom. The Labute approximate surface area is 122 Å². The minimum atomic E-state index is -4.41. The zero-order valence-corrected chi connectivity index (χ0v) is 11.6. The predicted octanol–water partition coefficient (Wildman–Crippen LogP) is 1.98. The fraction of sp³-hybridized carbons (Fsp3) is 0. The van der Waals surface area contributed by atoms with E-state index < -0.39 is 31.3 Å². The number of benzene rings is 1. The van der Waals surface area contributed by atoms with Crippen molar-refractivity contribution in [1.82, 2.24) is 9.97 Å². The molecule has 0 radical (unpaired) electrons. The minimum absolute atomic E-state index is 0.0743. The van der Waals surface area contributed by atoms with Crippen molar-refractivity contribution >= 4 is 33.1 Å². The second kappa shape index (κ2) is 5.58. The second-order valence-electron chi connectivity index (χ2n) is 3.70. The molecule has 0 aliphatic rings. The monoisotopic (exact) mass is 332 g/mol. The summed E-state index contributed by atoms with van der Waals surface area (Å²) in [6.45, 7) is 0. The molecule has 0 saturated heterocycles. The van der Waals surface area contributed by atoms with E-state index in [1.807, 2.05) is 4.72 Å². The molecule has 0 aliphatic heterocycles. The number of hydrogen-bond acceptors (Lipinski definition) is 6. The van der Waals surface area contributed by atoms with E-state index in [2.05, 4.69) is 9.97 Å². The summed E-state index contributed by atoms with van der Waals surface area (Å²) in [6, 6.07) is 2.15. The van der Waals surface area contributed by atoms with Crippen LogP contribution in [0, 0.1) is 15.9 Å². The molecular weight excluding hydrogens is 327 g/mol. The van der Waals surface area contributed by atoms with Crippen LogP contribution in [0.25, 0.3) is 0 Å². The first-order chi connectivity index (χ1) is 9.79. The summed E-state index contributed by atoms with van der Waals surface area (Å²) >= 11 is 5.55. The van der Waals surface area contributed by atoms with Crippen molar-refractivity contribution in [2.24, 2.45) is 0 Å². The van der Waals surface area contributed by atoms with Gasteiger partial charge in [-0.25, -0.2) is 17.8 Å². The number of nitro groups is 1. The van der Waals surface area contributed by atoms with E-state index in [1.165, 1.54) is 6.20 Å². The molecule has 21 heavy (non-hydrogen) atoms. The molecule has 0 saturated carbocycles. The highest BCUT2D eigenvalue weighted by molar-refractivity contribution is 7.92. The maximum atomic E-state index is 13.6. The largest absolute Gasteiger partial charge is 0.271 e. The molecule has 1 N–H and O–H groups in total. The summed E-state index contributed by atoms with van der Waals surface area (Å²) in [4.78, 5) is 16.1. The first-order valence-electron chi connectivity index (χ1n) is 5.24. The average molecular weight is 333 g/mol. The molecule has 1 heterocycles. The topological polar surface area (TPSA) is 115 Å². The molecule has 0 atom stereocenters. The standard InChI is InChI=1S/C10H6ClFN4O4S/c11-9-4-13-5-10(14-9)15-21(19,20)8-3-6(16(17)18)1-2-7(8)12/h1-5H,(H,14,15). The van der Waals surface area contributed by atoms with E-state index in [0.717, 1.165) is 12.3 Å². The summed E-state index contributed by atoms with van der Waals surface area (Å²) in [6.07, 6.45) is 2.23. The van der Waals surface area contributed by atoms with Crippen molar-refractivity contribution in [2.45, 2.75) is 4.90 Å². The third-order valence-electron chi connectivity index (χ3n) is 2.26. The van der Waals surface area contributed by atoms with Crippen molar-refractivity contribution in [3.63, 3.8) is 0 Å². The molecule has 0 fully saturated rings. The smallest absolute Gasteiger partial charge is 0.262 e. The Kier molecular flexibility index (Phi) is 4.00. The quantitative estimate of drug-likeness (QED) is 0.676. The molecule has 2 rings (SSSR count). The van der Waals surface area contributed by atoms with Gasteiger partial charge in [0.2, 0.25) is 0 Å². The van der Waals surface area contributed by atoms with Gasteiger partial charge in [-0.1, -0.05) is 11.6 Å². The number of nitrogens with zero attached hydrogens (tertiary/aromatic N) is 3. The van der Waals surface area contributed by atoms with Gasteiger partial charge in [-0.3, -0.25) is 19.8 Å². The highest BCUT2D eigenvalue weighted by atomic mass is 35.5. The number of non-ortho nitro benzene ring substituents is 1. The lowest BCUT2D eigenvalue weighted by molar-refractivity contribution is -0.385. The summed E-state index contributed by atoms with van der Waals surface area (Å²) < 4.78 is 39.6. The number of sulfonamides is 1. The van der Waals surface area contributed by atoms with Crippen molar-refractivity contribution in [1.29, 1.82) is 0 Å². The molecule has 1 aromatic carbocycles. The Bertz CT molecular complexity index is 814. The Morgan fingerprint density at radius 2 is 2.05 bits per heavy atom. The van der Waals surface area contributed by atoms with Gasteiger partial charge >= 0.3 is 0 Å². The maximum Gasteiger partial charge on any atom is 0.271 e. The van der Waals surface area contributed by atoms with Crippen molar-refractivity contribution < 1.29 is 17.7 Å². The molecule has 2 aromatic rings. The highest BCUT2D eigenvalue weighted by Gasteiger charge is 2.23. The fourth-order valence-electron chi connectivity index (χ4n) is 1.40. The molecule has 0 bridgehead atoms. The molecule has 0 spiro atoms. The van der Waals surface area contributed by atoms with E-state index in [4.69, 9.17) is 11.6 Å². The summed E-state index contributed by atoms with van der Waals surface area (Å²) in [5.41, 5.74) is -0.561. The van der Waals surface area contributed by atoms with Crippen LogP contribution in [0.2, 0.25) is 5.15 Å². The molecule has 8 nitrogen and oxygen atoms in total. The van der Waals surface area contributed by atoms with E-state index in [-0.39, 0.29) is 11.0 Å². The van der Waals surface area contributed by atoms with Gasteiger partial charge < -0.3 is 0 Å². The fourth-order valence-corrected chi connectivity index (χ4v) is 2.63. The van der Waals surface area contributed by atoms with Crippen LogP contribution in [0.5, 0.6) is 0 Å². The SMILES string of the molecule is O=[N+]([O-])c1ccc(F)c(S(=O)(=O)Nc2cncc(Cl)n2)c1. The summed E-state index contributed by atoms with van der Waals surface area (Å²) in [5, 5.41) is 10.5. The van der Waals surface area contributed by atoms with Crippen molar-refractivity contribution in [2.75, 3.05) is 4.72 Å². The van der Waals surface area contributed by atoms with E-state index >= 15 is 0 Å². The van der Waals surface area contributed by atoms with Gasteiger partial charge in [-0.15, -0.1) is 0 Å². The van der Waals surface area contributed by atoms with E-state index in [0.29, 0.717) is 12.1 Å². The molecular formula is C10H6ClFN4O4S. The van der Waals surface area contributed by atoms with Crippen LogP contribution >= 0.6 is 11.6 Å². The second-order valence-corrected chi connectivity index (χ2v) is 5.74. The predicted molar refractivity (Wildman–Crippen MR) is 70.9 cm³/mol. The number of nitrogens with one attached hydrogen (secondary N) is 1. The number of nitro benzene ring substituents is 1. The lowest BCUT2D eigenvalue weighted by atomic mass is 10.3. The normalized spacial score (nSPS) is 11.1. The van der Waals surface area contributed by atoms with Gasteiger partial charge in [-0.05, 0) is 6.07 Å². The van der Waals surface area contributed by atoms with Crippen molar-refractivity contribution in [3.8, 4) is 0 Å². The van der Waals surface area contributed by atoms with Crippen LogP contribution in [-0.4, -0.2) is 23.3 Å². The maximum absolute atomic E-state index is 13.6. The van der Waals surface area contributed by atoms with E-state index in [9.17, 15) is 22.9 Å². The minimum Gasteiger partial charge on any atom is -0.262 e. The molecule has 0 unspecified atom stereocenters. The van der Waals surface area contributed by atoms with Gasteiger partial charge in [0.05, 0.1) is 17.3 Å². The van der Waals surface area contributed by atoms with Gasteiger partial charge in [0, 0.05) is 12.1 Å². The van der Waals surface area contributed by atoms with Gasteiger partial charge in [0.25, 0.3) is 15.7 Å². The molecule has 0 aliphatic carbocycles. The Morgan fingerprint density at radius 3 is 2.67 bits per heavy atom. The third-order valence-corrected chi connectivity index (χ3v) is 3.81. The first-order valence-corrected chi connectivity index (χ1v) is 7.10. The van der Waals surface area contributed by atoms with Crippen LogP contribution < -0.4 is 4.72 Å². The van der Waals surface area contributed by atoms with E-state index in [1.54, 1.807) is 0 Å². The molecule has 11 heteroatoms. The number of rotatable bonds is 4. The zero-order chi connectivity index (χ0) is 15.6. The Hall–Kier alpha value is -2.33. The molecule has 0 amide bonds. The van der Waals surface area contributed by atoms with Crippen molar-refractivity contribution in [3.05, 3.63) is 51.7 Å². The number of hydrogen-bond donors (Lipinski definition) is 1. The van der Waals surface area contributed by atoms with Crippen LogP contribution in [0.1, 0.15) is 0 Å². The summed E-state index contributed by atoms with van der Waals surface area (Å²) in [5.74, 6) is -1.38. The number of anilines is 1. The number of aromatic nitrogens is 2. The lowest BCUT2D eigenvalue weighted by Crippen LogP contribution is -2.16. The lowest BCUT2D eigenvalue weighted by Gasteiger charge is -2.07. The average Bonchev–Trinajstić information content (AvgIpc) is 2.38. The first kappa shape index (κ1) is 15.1. The molecule has 1 aromatic heterocycles. The number of halogens is 2. The molecule has 110 valence electrons. The van der Waals surface area contributed by atoms with Crippen LogP contribution in [0.4, 0.5) is 15.9 Å².